The molecule has 78 valence electrons. The molecule has 0 fully saturated rings. The van der Waals surface area contributed by atoms with Gasteiger partial charge in [0.25, 0.3) is 0 Å². The van der Waals surface area contributed by atoms with Gasteiger partial charge in [-0.25, -0.2) is 0 Å². The SMILES string of the molecule is O=C1CCC(=O)Oc2c(O)cccc2O1. The van der Waals surface area contributed by atoms with Crippen LogP contribution in [0, 0.1) is 0 Å². The Bertz CT molecular complexity index is 424. The van der Waals surface area contributed by atoms with E-state index >= 15 is 0 Å². The van der Waals surface area contributed by atoms with Gasteiger partial charge >= 0.3 is 11.9 Å². The molecule has 1 aliphatic heterocycles. The summed E-state index contributed by atoms with van der Waals surface area (Å²) in [7, 11) is 0. The predicted octanol–water partition coefficient (Wildman–Crippen LogP) is 0.997. The number of benzene rings is 1. The van der Waals surface area contributed by atoms with Gasteiger partial charge in [-0.3, -0.25) is 9.59 Å². The number of carbonyl (C=O) groups excluding carboxylic acids is 2. The molecule has 0 aliphatic carbocycles. The summed E-state index contributed by atoms with van der Waals surface area (Å²) in [5, 5.41) is 9.41. The van der Waals surface area contributed by atoms with Gasteiger partial charge in [0.2, 0.25) is 5.75 Å². The summed E-state index contributed by atoms with van der Waals surface area (Å²) in [6.45, 7) is 0. The zero-order valence-corrected chi connectivity index (χ0v) is 7.73. The van der Waals surface area contributed by atoms with E-state index in [4.69, 9.17) is 9.47 Å². The highest BCUT2D eigenvalue weighted by molar-refractivity contribution is 5.83. The van der Waals surface area contributed by atoms with Gasteiger partial charge in [0.15, 0.2) is 11.5 Å². The lowest BCUT2D eigenvalue weighted by Crippen LogP contribution is -2.18. The number of esters is 2. The zero-order valence-electron chi connectivity index (χ0n) is 7.73. The first-order valence-electron chi connectivity index (χ1n) is 4.40. The van der Waals surface area contributed by atoms with Crippen LogP contribution in [-0.2, 0) is 9.59 Å². The minimum absolute atomic E-state index is 0.0199. The van der Waals surface area contributed by atoms with Gasteiger partial charge in [0.1, 0.15) is 0 Å². The minimum Gasteiger partial charge on any atom is -0.504 e. The lowest BCUT2D eigenvalue weighted by atomic mass is 10.2. The number of fused-ring (bicyclic) bond motifs is 1. The van der Waals surface area contributed by atoms with Crippen LogP contribution in [0.3, 0.4) is 0 Å². The van der Waals surface area contributed by atoms with Crippen LogP contribution in [0.5, 0.6) is 17.2 Å². The van der Waals surface area contributed by atoms with Crippen molar-refractivity contribution in [1.29, 1.82) is 0 Å². The zero-order chi connectivity index (χ0) is 10.8. The van der Waals surface area contributed by atoms with Crippen molar-refractivity contribution in [3.63, 3.8) is 0 Å². The number of hydrogen-bond acceptors (Lipinski definition) is 5. The molecule has 2 rings (SSSR count). The van der Waals surface area contributed by atoms with Crippen molar-refractivity contribution in [2.75, 3.05) is 0 Å². The van der Waals surface area contributed by atoms with Gasteiger partial charge in [0, 0.05) is 0 Å². The fraction of sp³-hybridized carbons (Fsp3) is 0.200. The minimum atomic E-state index is -0.561. The molecule has 0 aromatic heterocycles. The largest absolute Gasteiger partial charge is 0.504 e. The molecule has 0 saturated heterocycles. The summed E-state index contributed by atoms with van der Waals surface area (Å²) in [6, 6.07) is 4.30. The van der Waals surface area contributed by atoms with Crippen LogP contribution in [0.1, 0.15) is 12.8 Å². The first-order chi connectivity index (χ1) is 7.16. The lowest BCUT2D eigenvalue weighted by Gasteiger charge is -2.14. The summed E-state index contributed by atoms with van der Waals surface area (Å²) >= 11 is 0. The lowest BCUT2D eigenvalue weighted by molar-refractivity contribution is -0.142. The fourth-order valence-corrected chi connectivity index (χ4v) is 1.23. The van der Waals surface area contributed by atoms with Crippen LogP contribution >= 0.6 is 0 Å². The summed E-state index contributed by atoms with van der Waals surface area (Å²) in [5.41, 5.74) is 0. The average molecular weight is 208 g/mol. The van der Waals surface area contributed by atoms with Crippen LogP contribution in [0.15, 0.2) is 18.2 Å². The highest BCUT2D eigenvalue weighted by Gasteiger charge is 2.21. The summed E-state index contributed by atoms with van der Waals surface area (Å²) in [6.07, 6.45) is -0.0689. The molecule has 15 heavy (non-hydrogen) atoms. The standard InChI is InChI=1S/C10H8O5/c11-6-2-1-3-7-10(6)15-9(13)5-4-8(12)14-7/h1-3,11H,4-5H2. The quantitative estimate of drug-likeness (QED) is 0.508. The number of ether oxygens (including phenoxy) is 2. The van der Waals surface area contributed by atoms with Crippen LogP contribution in [0.25, 0.3) is 0 Å². The third-order valence-electron chi connectivity index (χ3n) is 1.93. The Kier molecular flexibility index (Phi) is 2.29. The van der Waals surface area contributed by atoms with Gasteiger partial charge in [-0.15, -0.1) is 0 Å². The Morgan fingerprint density at radius 3 is 2.47 bits per heavy atom. The van der Waals surface area contributed by atoms with Gasteiger partial charge < -0.3 is 14.6 Å². The second-order valence-corrected chi connectivity index (χ2v) is 3.05. The average Bonchev–Trinajstić information content (AvgIpc) is 2.18. The smallest absolute Gasteiger partial charge is 0.312 e. The molecule has 0 unspecified atom stereocenters. The van der Waals surface area contributed by atoms with E-state index in [1.54, 1.807) is 0 Å². The number of para-hydroxylation sites is 1. The highest BCUT2D eigenvalue weighted by Crippen LogP contribution is 2.37. The van der Waals surface area contributed by atoms with E-state index in [1.165, 1.54) is 18.2 Å². The number of rotatable bonds is 0. The predicted molar refractivity (Wildman–Crippen MR) is 48.6 cm³/mol. The van der Waals surface area contributed by atoms with Crippen molar-refractivity contribution in [2.45, 2.75) is 12.8 Å². The number of aromatic hydroxyl groups is 1. The Morgan fingerprint density at radius 1 is 1.07 bits per heavy atom. The molecule has 1 aromatic rings. The van der Waals surface area contributed by atoms with Crippen molar-refractivity contribution < 1.29 is 24.2 Å². The van der Waals surface area contributed by atoms with Gasteiger partial charge in [-0.1, -0.05) is 6.07 Å². The molecule has 5 nitrogen and oxygen atoms in total. The van der Waals surface area contributed by atoms with E-state index < -0.39 is 11.9 Å². The molecule has 0 bridgehead atoms. The van der Waals surface area contributed by atoms with Gasteiger partial charge in [0.05, 0.1) is 12.8 Å². The van der Waals surface area contributed by atoms with E-state index in [-0.39, 0.29) is 30.1 Å². The molecular weight excluding hydrogens is 200 g/mol. The van der Waals surface area contributed by atoms with Crippen molar-refractivity contribution in [1.82, 2.24) is 0 Å². The van der Waals surface area contributed by atoms with Gasteiger partial charge in [-0.05, 0) is 12.1 Å². The molecule has 0 saturated carbocycles. The third kappa shape index (κ3) is 1.90. The van der Waals surface area contributed by atoms with Crippen LogP contribution in [-0.4, -0.2) is 17.0 Å². The Labute approximate surface area is 85.2 Å². The molecular formula is C10H8O5. The maximum absolute atomic E-state index is 11.2. The summed E-state index contributed by atoms with van der Waals surface area (Å²) < 4.78 is 9.74. The third-order valence-corrected chi connectivity index (χ3v) is 1.93. The number of phenolic OH excluding ortho intramolecular Hbond substituents is 1. The van der Waals surface area contributed by atoms with E-state index in [2.05, 4.69) is 0 Å². The molecule has 0 spiro atoms. The summed E-state index contributed by atoms with van der Waals surface area (Å²) in [4.78, 5) is 22.3. The van der Waals surface area contributed by atoms with E-state index in [0.717, 1.165) is 0 Å². The van der Waals surface area contributed by atoms with Crippen molar-refractivity contribution in [2.24, 2.45) is 0 Å². The molecule has 5 heteroatoms. The molecule has 1 heterocycles. The molecule has 1 aliphatic rings. The molecule has 1 aromatic carbocycles. The second kappa shape index (κ2) is 3.61. The maximum atomic E-state index is 11.2. The normalized spacial score (nSPS) is 15.7. The Balaban J connectivity index is 2.45. The van der Waals surface area contributed by atoms with Crippen LogP contribution in [0.2, 0.25) is 0 Å². The maximum Gasteiger partial charge on any atom is 0.312 e. The topological polar surface area (TPSA) is 72.8 Å². The van der Waals surface area contributed by atoms with Crippen LogP contribution < -0.4 is 9.47 Å². The first kappa shape index (κ1) is 9.51. The number of hydrogen-bond donors (Lipinski definition) is 1. The highest BCUT2D eigenvalue weighted by atomic mass is 16.6. The number of carbonyl (C=O) groups is 2. The molecule has 0 amide bonds. The monoisotopic (exact) mass is 208 g/mol. The van der Waals surface area contributed by atoms with Crippen molar-refractivity contribution in [3.8, 4) is 17.2 Å². The second-order valence-electron chi connectivity index (χ2n) is 3.05. The van der Waals surface area contributed by atoms with Crippen molar-refractivity contribution >= 4 is 11.9 Å². The molecule has 0 atom stereocenters. The Morgan fingerprint density at radius 2 is 1.73 bits per heavy atom. The number of phenols is 1. The van der Waals surface area contributed by atoms with E-state index in [0.29, 0.717) is 0 Å². The van der Waals surface area contributed by atoms with E-state index in [9.17, 15) is 14.7 Å². The summed E-state index contributed by atoms with van der Waals surface area (Å²) in [5.74, 6) is -1.34. The first-order valence-corrected chi connectivity index (χ1v) is 4.40. The van der Waals surface area contributed by atoms with Crippen molar-refractivity contribution in [3.05, 3.63) is 18.2 Å². The fourth-order valence-electron chi connectivity index (χ4n) is 1.23. The molecule has 1 N–H and O–H groups in total. The Hall–Kier alpha value is -2.04. The van der Waals surface area contributed by atoms with Crippen LogP contribution in [0.4, 0.5) is 0 Å². The van der Waals surface area contributed by atoms with E-state index in [1.807, 2.05) is 0 Å². The molecule has 0 radical (unpaired) electrons. The van der Waals surface area contributed by atoms with Gasteiger partial charge in [-0.2, -0.15) is 0 Å².